The first-order valence-electron chi connectivity index (χ1n) is 9.70. The second kappa shape index (κ2) is 8.03. The van der Waals surface area contributed by atoms with E-state index in [2.05, 4.69) is 45.7 Å². The fraction of sp³-hybridized carbons (Fsp3) is 0.455. The Kier molecular flexibility index (Phi) is 5.50. The Bertz CT molecular complexity index is 770. The number of aromatic nitrogens is 1. The lowest BCUT2D eigenvalue weighted by Gasteiger charge is -2.32. The number of piperidine rings is 1. The zero-order valence-electron chi connectivity index (χ0n) is 15.9. The van der Waals surface area contributed by atoms with Crippen molar-refractivity contribution in [2.24, 2.45) is 11.3 Å². The monoisotopic (exact) mass is 381 g/mol. The number of amides is 1. The molecule has 2 fully saturated rings. The number of nitrogens with zero attached hydrogens (tertiary/aromatic N) is 2. The highest BCUT2D eigenvalue weighted by molar-refractivity contribution is 7.98. The number of carbonyl (C=O) groups is 1. The molecule has 1 aromatic heterocycles. The SMILES string of the molecule is CSc1ccc(CN2CCC3(CC2)CC3C(=O)NCc2ccncc2)cc1. The number of hydrogen-bond acceptors (Lipinski definition) is 4. The van der Waals surface area contributed by atoms with Gasteiger partial charge in [0.05, 0.1) is 0 Å². The van der Waals surface area contributed by atoms with Crippen LogP contribution in [-0.2, 0) is 17.9 Å². The Morgan fingerprint density at radius 2 is 1.85 bits per heavy atom. The van der Waals surface area contributed by atoms with Crippen molar-refractivity contribution in [1.29, 1.82) is 0 Å². The molecule has 4 rings (SSSR count). The first-order valence-corrected chi connectivity index (χ1v) is 10.9. The zero-order chi connectivity index (χ0) is 18.7. The molecule has 1 unspecified atom stereocenters. The average molecular weight is 382 g/mol. The van der Waals surface area contributed by atoms with Crippen LogP contribution in [0, 0.1) is 11.3 Å². The highest BCUT2D eigenvalue weighted by Crippen LogP contribution is 2.59. The molecule has 1 spiro atoms. The Labute approximate surface area is 165 Å². The van der Waals surface area contributed by atoms with E-state index in [-0.39, 0.29) is 17.2 Å². The van der Waals surface area contributed by atoms with Crippen LogP contribution in [0.15, 0.2) is 53.7 Å². The second-order valence-corrected chi connectivity index (χ2v) is 8.70. The highest BCUT2D eigenvalue weighted by atomic mass is 32.2. The Hall–Kier alpha value is -1.85. The summed E-state index contributed by atoms with van der Waals surface area (Å²) < 4.78 is 0. The van der Waals surface area contributed by atoms with Crippen LogP contribution in [0.25, 0.3) is 0 Å². The van der Waals surface area contributed by atoms with Crippen LogP contribution in [0.3, 0.4) is 0 Å². The van der Waals surface area contributed by atoms with Crippen LogP contribution in [0.5, 0.6) is 0 Å². The third kappa shape index (κ3) is 4.36. The molecule has 142 valence electrons. The molecule has 2 heterocycles. The number of pyridine rings is 1. The molecule has 1 aliphatic carbocycles. The number of nitrogens with one attached hydrogen (secondary N) is 1. The van der Waals surface area contributed by atoms with Gasteiger partial charge in [0, 0.05) is 36.3 Å². The Morgan fingerprint density at radius 3 is 2.52 bits per heavy atom. The largest absolute Gasteiger partial charge is 0.352 e. The molecule has 0 radical (unpaired) electrons. The van der Waals surface area contributed by atoms with Crippen LogP contribution in [0.2, 0.25) is 0 Å². The van der Waals surface area contributed by atoms with Gasteiger partial charge in [-0.2, -0.15) is 0 Å². The summed E-state index contributed by atoms with van der Waals surface area (Å²) in [5, 5.41) is 3.11. The molecule has 1 N–H and O–H groups in total. The minimum Gasteiger partial charge on any atom is -0.352 e. The molecular weight excluding hydrogens is 354 g/mol. The topological polar surface area (TPSA) is 45.2 Å². The molecule has 27 heavy (non-hydrogen) atoms. The second-order valence-electron chi connectivity index (χ2n) is 7.82. The van der Waals surface area contributed by atoms with E-state index in [1.165, 1.54) is 10.5 Å². The summed E-state index contributed by atoms with van der Waals surface area (Å²) in [6.45, 7) is 3.81. The maximum atomic E-state index is 12.5. The number of rotatable bonds is 6. The van der Waals surface area contributed by atoms with E-state index in [4.69, 9.17) is 0 Å². The van der Waals surface area contributed by atoms with Gasteiger partial charge < -0.3 is 5.32 Å². The molecule has 1 saturated carbocycles. The number of likely N-dealkylation sites (tertiary alicyclic amines) is 1. The van der Waals surface area contributed by atoms with Crippen molar-refractivity contribution in [1.82, 2.24) is 15.2 Å². The van der Waals surface area contributed by atoms with Gasteiger partial charge in [0.25, 0.3) is 0 Å². The van der Waals surface area contributed by atoms with Gasteiger partial charge in [0.1, 0.15) is 0 Å². The summed E-state index contributed by atoms with van der Waals surface area (Å²) in [5.41, 5.74) is 2.75. The van der Waals surface area contributed by atoms with Crippen LogP contribution < -0.4 is 5.32 Å². The lowest BCUT2D eigenvalue weighted by Crippen LogP contribution is -2.36. The summed E-state index contributed by atoms with van der Waals surface area (Å²) in [6, 6.07) is 12.8. The Morgan fingerprint density at radius 1 is 1.15 bits per heavy atom. The quantitative estimate of drug-likeness (QED) is 0.775. The molecule has 4 nitrogen and oxygen atoms in total. The normalized spacial score (nSPS) is 21.1. The molecule has 1 aromatic carbocycles. The Balaban J connectivity index is 1.23. The summed E-state index contributed by atoms with van der Waals surface area (Å²) in [6.07, 6.45) is 8.99. The van der Waals surface area contributed by atoms with Gasteiger partial charge in [-0.1, -0.05) is 12.1 Å². The number of carbonyl (C=O) groups excluding carboxylic acids is 1. The van der Waals surface area contributed by atoms with E-state index in [9.17, 15) is 4.79 Å². The van der Waals surface area contributed by atoms with Crippen LogP contribution in [0.4, 0.5) is 0 Å². The van der Waals surface area contributed by atoms with Gasteiger partial charge >= 0.3 is 0 Å². The third-order valence-corrected chi connectivity index (χ3v) is 6.88. The van der Waals surface area contributed by atoms with Crippen molar-refractivity contribution >= 4 is 17.7 Å². The van der Waals surface area contributed by atoms with E-state index >= 15 is 0 Å². The van der Waals surface area contributed by atoms with E-state index < -0.39 is 0 Å². The minimum absolute atomic E-state index is 0.211. The lowest BCUT2D eigenvalue weighted by atomic mass is 9.90. The predicted molar refractivity (Wildman–Crippen MR) is 109 cm³/mol. The molecule has 1 aliphatic heterocycles. The first-order chi connectivity index (χ1) is 13.2. The van der Waals surface area contributed by atoms with E-state index in [0.717, 1.165) is 44.5 Å². The van der Waals surface area contributed by atoms with Crippen molar-refractivity contribution in [3.63, 3.8) is 0 Å². The van der Waals surface area contributed by atoms with Gasteiger partial charge in [0.2, 0.25) is 5.91 Å². The molecular formula is C22H27N3OS. The van der Waals surface area contributed by atoms with Crippen molar-refractivity contribution in [2.75, 3.05) is 19.3 Å². The minimum atomic E-state index is 0.211. The molecule has 1 atom stereocenters. The fourth-order valence-corrected chi connectivity index (χ4v) is 4.64. The molecule has 0 bridgehead atoms. The van der Waals surface area contributed by atoms with E-state index in [1.54, 1.807) is 24.2 Å². The smallest absolute Gasteiger partial charge is 0.223 e. The van der Waals surface area contributed by atoms with Gasteiger partial charge in [-0.05, 0) is 79.4 Å². The predicted octanol–water partition coefficient (Wildman–Crippen LogP) is 3.72. The molecule has 2 aromatic rings. The molecule has 1 saturated heterocycles. The molecule has 5 heteroatoms. The van der Waals surface area contributed by atoms with Gasteiger partial charge in [-0.3, -0.25) is 14.7 Å². The number of thioether (sulfide) groups is 1. The third-order valence-electron chi connectivity index (χ3n) is 6.14. The van der Waals surface area contributed by atoms with Crippen molar-refractivity contribution < 1.29 is 4.79 Å². The van der Waals surface area contributed by atoms with Crippen LogP contribution >= 0.6 is 11.8 Å². The lowest BCUT2D eigenvalue weighted by molar-refractivity contribution is -0.123. The molecule has 2 aliphatic rings. The van der Waals surface area contributed by atoms with Crippen molar-refractivity contribution in [2.45, 2.75) is 37.2 Å². The summed E-state index contributed by atoms with van der Waals surface area (Å²) in [7, 11) is 0. The summed E-state index contributed by atoms with van der Waals surface area (Å²) in [5.74, 6) is 0.440. The van der Waals surface area contributed by atoms with Crippen LogP contribution in [-0.4, -0.2) is 35.1 Å². The number of hydrogen-bond donors (Lipinski definition) is 1. The standard InChI is InChI=1S/C22H27N3OS/c1-27-19-4-2-18(3-5-19)16-25-12-8-22(9-13-25)14-20(22)21(26)24-15-17-6-10-23-11-7-17/h2-7,10-11,20H,8-9,12-16H2,1H3,(H,24,26). The van der Waals surface area contributed by atoms with Gasteiger partial charge in [0.15, 0.2) is 0 Å². The summed E-state index contributed by atoms with van der Waals surface area (Å²) >= 11 is 1.78. The van der Waals surface area contributed by atoms with Gasteiger partial charge in [-0.25, -0.2) is 0 Å². The fourth-order valence-electron chi connectivity index (χ4n) is 4.23. The van der Waals surface area contributed by atoms with E-state index in [0.29, 0.717) is 6.54 Å². The van der Waals surface area contributed by atoms with Crippen molar-refractivity contribution in [3.8, 4) is 0 Å². The van der Waals surface area contributed by atoms with E-state index in [1.807, 2.05) is 12.1 Å². The molecule has 1 amide bonds. The van der Waals surface area contributed by atoms with Crippen molar-refractivity contribution in [3.05, 3.63) is 59.9 Å². The maximum Gasteiger partial charge on any atom is 0.223 e. The summed E-state index contributed by atoms with van der Waals surface area (Å²) in [4.78, 5) is 20.4. The maximum absolute atomic E-state index is 12.5. The number of benzene rings is 1. The van der Waals surface area contributed by atoms with Gasteiger partial charge in [-0.15, -0.1) is 11.8 Å². The first kappa shape index (κ1) is 18.5. The average Bonchev–Trinajstić information content (AvgIpc) is 3.43. The highest BCUT2D eigenvalue weighted by Gasteiger charge is 2.58. The van der Waals surface area contributed by atoms with Crippen LogP contribution in [0.1, 0.15) is 30.4 Å². The zero-order valence-corrected chi connectivity index (χ0v) is 16.7.